The summed E-state index contributed by atoms with van der Waals surface area (Å²) in [6, 6.07) is 7.43. The molecule has 1 saturated heterocycles. The van der Waals surface area contributed by atoms with E-state index in [4.69, 9.17) is 20.6 Å². The molecule has 2 saturated carbocycles. The Labute approximate surface area is 150 Å². The Kier molecular flexibility index (Phi) is 3.41. The standard InChI is InChI=1S/C19H22F2N4O/c20-19(21)10-18(11-19)8-15(18)17-23-16(12-3-5-13(22)6-4-12)24-25(17)9-14-2-1-7-26-14/h3-6,14-15H,1-2,7-11,22H2. The molecule has 3 aliphatic rings. The second kappa shape index (κ2) is 5.49. The third kappa shape index (κ3) is 2.69. The number of nitrogens with zero attached hydrogens (tertiary/aromatic N) is 3. The predicted octanol–water partition coefficient (Wildman–Crippen LogP) is 3.61. The number of halogens is 2. The highest BCUT2D eigenvalue weighted by molar-refractivity contribution is 5.58. The zero-order valence-corrected chi connectivity index (χ0v) is 14.5. The van der Waals surface area contributed by atoms with Gasteiger partial charge in [0, 0.05) is 36.6 Å². The van der Waals surface area contributed by atoms with Gasteiger partial charge in [0.1, 0.15) is 5.82 Å². The van der Waals surface area contributed by atoms with Gasteiger partial charge in [0.05, 0.1) is 12.6 Å². The maximum atomic E-state index is 13.4. The van der Waals surface area contributed by atoms with Crippen molar-refractivity contribution in [1.29, 1.82) is 0 Å². The Bertz CT molecular complexity index is 819. The molecule has 1 aromatic carbocycles. The van der Waals surface area contributed by atoms with Crippen LogP contribution in [0.5, 0.6) is 0 Å². The smallest absolute Gasteiger partial charge is 0.249 e. The first-order chi connectivity index (χ1) is 12.4. The van der Waals surface area contributed by atoms with Gasteiger partial charge in [-0.1, -0.05) is 0 Å². The van der Waals surface area contributed by atoms with Crippen LogP contribution in [0.2, 0.25) is 0 Å². The number of aromatic nitrogens is 3. The lowest BCUT2D eigenvalue weighted by Gasteiger charge is -2.36. The first kappa shape index (κ1) is 16.2. The second-order valence-corrected chi connectivity index (χ2v) is 8.06. The van der Waals surface area contributed by atoms with E-state index >= 15 is 0 Å². The number of ether oxygens (including phenoxy) is 1. The number of benzene rings is 1. The molecule has 0 radical (unpaired) electrons. The van der Waals surface area contributed by atoms with Crippen molar-refractivity contribution in [3.8, 4) is 11.4 Å². The highest BCUT2D eigenvalue weighted by Gasteiger charge is 2.70. The maximum absolute atomic E-state index is 13.4. The van der Waals surface area contributed by atoms with E-state index in [2.05, 4.69) is 0 Å². The predicted molar refractivity (Wildman–Crippen MR) is 92.8 cm³/mol. The summed E-state index contributed by atoms with van der Waals surface area (Å²) in [7, 11) is 0. The van der Waals surface area contributed by atoms with E-state index in [-0.39, 0.29) is 30.3 Å². The molecule has 1 spiro atoms. The molecule has 138 valence electrons. The summed E-state index contributed by atoms with van der Waals surface area (Å²) in [5.41, 5.74) is 7.07. The van der Waals surface area contributed by atoms with Crippen LogP contribution in [0.4, 0.5) is 14.5 Å². The van der Waals surface area contributed by atoms with Crippen molar-refractivity contribution in [2.45, 2.75) is 56.6 Å². The van der Waals surface area contributed by atoms with Crippen molar-refractivity contribution in [1.82, 2.24) is 14.8 Å². The minimum Gasteiger partial charge on any atom is -0.399 e. The van der Waals surface area contributed by atoms with E-state index in [1.54, 1.807) is 0 Å². The number of nitrogen functional groups attached to an aromatic ring is 1. The summed E-state index contributed by atoms with van der Waals surface area (Å²) in [5.74, 6) is -0.957. The Balaban J connectivity index is 1.45. The highest BCUT2D eigenvalue weighted by Crippen LogP contribution is 2.74. The molecule has 1 aromatic heterocycles. The lowest BCUT2D eigenvalue weighted by molar-refractivity contribution is -0.123. The molecule has 5 rings (SSSR count). The Hall–Kier alpha value is -2.02. The van der Waals surface area contributed by atoms with Crippen molar-refractivity contribution in [3.63, 3.8) is 0 Å². The zero-order chi connectivity index (χ0) is 17.9. The van der Waals surface area contributed by atoms with Crippen LogP contribution in [0.25, 0.3) is 11.4 Å². The molecule has 2 unspecified atom stereocenters. The van der Waals surface area contributed by atoms with Crippen LogP contribution in [0.1, 0.15) is 43.8 Å². The SMILES string of the molecule is Nc1ccc(-c2nc(C3CC34CC(F)(F)C4)n(CC3CCCO3)n2)cc1. The average molecular weight is 360 g/mol. The lowest BCUT2D eigenvalue weighted by atomic mass is 9.76. The number of hydrogen-bond acceptors (Lipinski definition) is 4. The van der Waals surface area contributed by atoms with Gasteiger partial charge in [0.25, 0.3) is 0 Å². The molecule has 2 heterocycles. The van der Waals surface area contributed by atoms with Crippen molar-refractivity contribution in [2.24, 2.45) is 5.41 Å². The monoisotopic (exact) mass is 360 g/mol. The number of hydrogen-bond donors (Lipinski definition) is 1. The van der Waals surface area contributed by atoms with Crippen LogP contribution < -0.4 is 5.73 Å². The van der Waals surface area contributed by atoms with Gasteiger partial charge in [0.2, 0.25) is 5.92 Å². The summed E-state index contributed by atoms with van der Waals surface area (Å²) in [4.78, 5) is 4.75. The topological polar surface area (TPSA) is 66.0 Å². The minimum absolute atomic E-state index is 0.0192. The molecule has 0 amide bonds. The molecule has 26 heavy (non-hydrogen) atoms. The third-order valence-electron chi connectivity index (χ3n) is 5.99. The molecular formula is C19H22F2N4O. The minimum atomic E-state index is -2.51. The Morgan fingerprint density at radius 3 is 2.65 bits per heavy atom. The molecule has 5 nitrogen and oxygen atoms in total. The lowest BCUT2D eigenvalue weighted by Crippen LogP contribution is -2.38. The summed E-state index contributed by atoms with van der Waals surface area (Å²) in [6.45, 7) is 1.42. The van der Waals surface area contributed by atoms with E-state index < -0.39 is 5.92 Å². The van der Waals surface area contributed by atoms with Gasteiger partial charge >= 0.3 is 0 Å². The maximum Gasteiger partial charge on any atom is 0.249 e. The van der Waals surface area contributed by atoms with Gasteiger partial charge in [-0.2, -0.15) is 5.10 Å². The van der Waals surface area contributed by atoms with Crippen molar-refractivity contribution < 1.29 is 13.5 Å². The van der Waals surface area contributed by atoms with Gasteiger partial charge in [-0.25, -0.2) is 18.4 Å². The van der Waals surface area contributed by atoms with E-state index in [9.17, 15) is 8.78 Å². The van der Waals surface area contributed by atoms with E-state index in [1.807, 2.05) is 28.9 Å². The fourth-order valence-corrected chi connectivity index (χ4v) is 4.56. The van der Waals surface area contributed by atoms with E-state index in [0.29, 0.717) is 18.1 Å². The normalized spacial score (nSPS) is 28.2. The number of alkyl halides is 2. The van der Waals surface area contributed by atoms with Gasteiger partial charge in [-0.15, -0.1) is 0 Å². The van der Waals surface area contributed by atoms with Crippen LogP contribution in [-0.2, 0) is 11.3 Å². The largest absolute Gasteiger partial charge is 0.399 e. The molecule has 7 heteroatoms. The van der Waals surface area contributed by atoms with Crippen LogP contribution in [-0.4, -0.2) is 33.4 Å². The first-order valence-electron chi connectivity index (χ1n) is 9.24. The van der Waals surface area contributed by atoms with Crippen molar-refractivity contribution in [3.05, 3.63) is 30.1 Å². The molecule has 2 N–H and O–H groups in total. The van der Waals surface area contributed by atoms with Gasteiger partial charge in [-0.3, -0.25) is 0 Å². The van der Waals surface area contributed by atoms with Gasteiger partial charge < -0.3 is 10.5 Å². The average Bonchev–Trinajstić information content (AvgIpc) is 2.96. The number of rotatable bonds is 4. The van der Waals surface area contributed by atoms with Crippen LogP contribution in [0, 0.1) is 5.41 Å². The van der Waals surface area contributed by atoms with E-state index in [1.165, 1.54) is 0 Å². The number of nitrogens with two attached hydrogens (primary N) is 1. The van der Waals surface area contributed by atoms with Gasteiger partial charge in [0.15, 0.2) is 5.82 Å². The summed E-state index contributed by atoms with van der Waals surface area (Å²) >= 11 is 0. The molecule has 2 aliphatic carbocycles. The van der Waals surface area contributed by atoms with Crippen molar-refractivity contribution >= 4 is 5.69 Å². The molecule has 2 atom stereocenters. The quantitative estimate of drug-likeness (QED) is 0.846. The number of anilines is 1. The zero-order valence-electron chi connectivity index (χ0n) is 14.5. The summed E-state index contributed by atoms with van der Waals surface area (Å²) in [5, 5.41) is 4.69. The van der Waals surface area contributed by atoms with Crippen LogP contribution in [0.15, 0.2) is 24.3 Å². The highest BCUT2D eigenvalue weighted by atomic mass is 19.3. The van der Waals surface area contributed by atoms with Crippen LogP contribution >= 0.6 is 0 Å². The molecule has 0 bridgehead atoms. The van der Waals surface area contributed by atoms with E-state index in [0.717, 1.165) is 37.3 Å². The molecule has 1 aliphatic heterocycles. The first-order valence-corrected chi connectivity index (χ1v) is 9.24. The molecule has 3 fully saturated rings. The molecular weight excluding hydrogens is 338 g/mol. The summed E-state index contributed by atoms with van der Waals surface area (Å²) in [6.07, 6.45) is 2.94. The molecule has 2 aromatic rings. The Morgan fingerprint density at radius 1 is 1.23 bits per heavy atom. The Morgan fingerprint density at radius 2 is 2.00 bits per heavy atom. The van der Waals surface area contributed by atoms with Crippen LogP contribution in [0.3, 0.4) is 0 Å². The fraction of sp³-hybridized carbons (Fsp3) is 0.579. The summed E-state index contributed by atoms with van der Waals surface area (Å²) < 4.78 is 34.5. The van der Waals surface area contributed by atoms with Crippen molar-refractivity contribution in [2.75, 3.05) is 12.3 Å². The fourth-order valence-electron chi connectivity index (χ4n) is 4.56. The van der Waals surface area contributed by atoms with Gasteiger partial charge in [-0.05, 0) is 48.9 Å². The third-order valence-corrected chi connectivity index (χ3v) is 5.99. The second-order valence-electron chi connectivity index (χ2n) is 8.06.